The van der Waals surface area contributed by atoms with Crippen molar-refractivity contribution in [3.8, 4) is 5.69 Å². The van der Waals surface area contributed by atoms with Gasteiger partial charge < -0.3 is 10.2 Å². The minimum atomic E-state index is -0.331. The number of amides is 2. The number of anilines is 3. The topological polar surface area (TPSA) is 88.0 Å². The van der Waals surface area contributed by atoms with Crippen LogP contribution in [0.1, 0.15) is 63.9 Å². The molecule has 0 saturated carbocycles. The van der Waals surface area contributed by atoms with Crippen molar-refractivity contribution in [3.63, 3.8) is 0 Å². The van der Waals surface area contributed by atoms with E-state index in [-0.39, 0.29) is 11.4 Å². The predicted molar refractivity (Wildman–Crippen MR) is 184 cm³/mol. The Kier molecular flexibility index (Phi) is 8.39. The second kappa shape index (κ2) is 12.6. The summed E-state index contributed by atoms with van der Waals surface area (Å²) >= 11 is 0. The first-order chi connectivity index (χ1) is 21.7. The molecule has 3 aromatic heterocycles. The molecule has 0 saturated heterocycles. The fourth-order valence-corrected chi connectivity index (χ4v) is 6.09. The first-order valence-electron chi connectivity index (χ1n) is 15.7. The van der Waals surface area contributed by atoms with Crippen molar-refractivity contribution < 1.29 is 4.79 Å². The van der Waals surface area contributed by atoms with Crippen molar-refractivity contribution in [1.29, 1.82) is 0 Å². The van der Waals surface area contributed by atoms with Crippen LogP contribution in [0.5, 0.6) is 0 Å². The Morgan fingerprint density at radius 1 is 1.00 bits per heavy atom. The lowest BCUT2D eigenvalue weighted by Gasteiger charge is -2.34. The summed E-state index contributed by atoms with van der Waals surface area (Å²) in [6.07, 6.45) is 11.2. The minimum Gasteiger partial charge on any atom is -0.365 e. The molecule has 1 atom stereocenters. The summed E-state index contributed by atoms with van der Waals surface area (Å²) < 4.78 is 1.74. The van der Waals surface area contributed by atoms with Crippen LogP contribution >= 0.6 is 0 Å². The summed E-state index contributed by atoms with van der Waals surface area (Å²) in [5.41, 5.74) is 6.89. The second-order valence-electron chi connectivity index (χ2n) is 12.7. The number of fused-ring (bicyclic) bond motifs is 1. The van der Waals surface area contributed by atoms with Crippen molar-refractivity contribution in [1.82, 2.24) is 19.7 Å². The monoisotopic (exact) mass is 599 g/mol. The number of likely N-dealkylation sites (N-methyl/N-ethyl adjacent to an activating group) is 1. The van der Waals surface area contributed by atoms with E-state index in [4.69, 9.17) is 5.10 Å². The van der Waals surface area contributed by atoms with Crippen molar-refractivity contribution in [2.45, 2.75) is 65.3 Å². The minimum absolute atomic E-state index is 0.193. The van der Waals surface area contributed by atoms with Crippen molar-refractivity contribution in [3.05, 3.63) is 108 Å². The van der Waals surface area contributed by atoms with Gasteiger partial charge in [-0.25, -0.2) is 9.48 Å². The zero-order chi connectivity index (χ0) is 31.6. The lowest BCUT2D eigenvalue weighted by atomic mass is 9.87. The first kappa shape index (κ1) is 30.1. The molecule has 0 fully saturated rings. The Bertz CT molecular complexity index is 1830. The third-order valence-corrected chi connectivity index (χ3v) is 8.45. The van der Waals surface area contributed by atoms with E-state index in [1.807, 2.05) is 49.6 Å². The van der Waals surface area contributed by atoms with E-state index in [1.54, 1.807) is 10.9 Å². The maximum atomic E-state index is 13.5. The lowest BCUT2D eigenvalue weighted by Crippen LogP contribution is -2.35. The molecule has 0 bridgehead atoms. The van der Waals surface area contributed by atoms with Gasteiger partial charge in [-0.2, -0.15) is 5.10 Å². The van der Waals surface area contributed by atoms with E-state index >= 15 is 0 Å². The van der Waals surface area contributed by atoms with Gasteiger partial charge in [-0.15, -0.1) is 0 Å². The summed E-state index contributed by atoms with van der Waals surface area (Å²) in [6.45, 7) is 11.4. The molecule has 2 aromatic carbocycles. The Hall–Kier alpha value is -4.98. The number of aromatic nitrogens is 4. The molecule has 0 aliphatic heterocycles. The van der Waals surface area contributed by atoms with Crippen molar-refractivity contribution in [2.75, 3.05) is 22.1 Å². The number of carbonyl (C=O) groups excluding carboxylic acids is 1. The molecular weight excluding hydrogens is 558 g/mol. The van der Waals surface area contributed by atoms with Gasteiger partial charge in [-0.3, -0.25) is 15.3 Å². The van der Waals surface area contributed by atoms with Crippen molar-refractivity contribution in [2.24, 2.45) is 0 Å². The number of urea groups is 1. The van der Waals surface area contributed by atoms with E-state index in [0.29, 0.717) is 11.9 Å². The van der Waals surface area contributed by atoms with E-state index < -0.39 is 0 Å². The number of nitrogens with zero attached hydrogens (tertiary/aromatic N) is 5. The zero-order valence-corrected chi connectivity index (χ0v) is 26.7. The Labute approximate surface area is 265 Å². The second-order valence-corrected chi connectivity index (χ2v) is 12.7. The molecule has 6 rings (SSSR count). The molecule has 230 valence electrons. The quantitative estimate of drug-likeness (QED) is 0.196. The number of aryl methyl sites for hydroxylation is 1. The highest BCUT2D eigenvalue weighted by Gasteiger charge is 2.24. The van der Waals surface area contributed by atoms with Crippen LogP contribution in [0.3, 0.4) is 0 Å². The standard InChI is InChI=1S/C37H41N7O/c1-6-43(27-18-20-38-21-19-27)28-11-9-10-26(22-28)30-16-17-33(32-13-8-7-12-31(30)32)40-36(45)41-35-23-34(37(3,4)5)42-44(35)29-15-14-25(2)39-24-29/h7-8,12-24,28H,6,9-11H2,1-5H3,(H2,40,41,45). The number of benzene rings is 2. The number of hydrogen-bond acceptors (Lipinski definition) is 5. The van der Waals surface area contributed by atoms with Gasteiger partial charge in [0.25, 0.3) is 0 Å². The molecule has 0 radical (unpaired) electrons. The van der Waals surface area contributed by atoms with E-state index in [1.165, 1.54) is 16.8 Å². The molecule has 1 aliphatic carbocycles. The van der Waals surface area contributed by atoms with Crippen LogP contribution in [0.2, 0.25) is 0 Å². The number of rotatable bonds is 7. The van der Waals surface area contributed by atoms with Crippen LogP contribution in [0, 0.1) is 6.92 Å². The molecule has 3 heterocycles. The average molecular weight is 600 g/mol. The molecule has 2 amide bonds. The number of hydrogen-bond donors (Lipinski definition) is 2. The average Bonchev–Trinajstić information content (AvgIpc) is 3.47. The SMILES string of the molecule is CCN(c1ccncc1)C1C=C(c2ccc(NC(=O)Nc3cc(C(C)(C)C)nn3-c3ccc(C)nc3)c3ccccc23)CCC1. The molecule has 2 N–H and O–H groups in total. The van der Waals surface area contributed by atoms with Crippen molar-refractivity contribution >= 4 is 39.6 Å². The first-order valence-corrected chi connectivity index (χ1v) is 15.7. The van der Waals surface area contributed by atoms with Gasteiger partial charge in [0.1, 0.15) is 5.82 Å². The summed E-state index contributed by atoms with van der Waals surface area (Å²) in [6, 6.07) is 22.4. The van der Waals surface area contributed by atoms with E-state index in [9.17, 15) is 4.79 Å². The molecule has 8 heteroatoms. The molecule has 8 nitrogen and oxygen atoms in total. The summed E-state index contributed by atoms with van der Waals surface area (Å²) in [7, 11) is 0. The fraction of sp³-hybridized carbons (Fsp3) is 0.297. The largest absolute Gasteiger partial charge is 0.365 e. The maximum Gasteiger partial charge on any atom is 0.324 e. The van der Waals surface area contributed by atoms with Crippen LogP contribution in [-0.4, -0.2) is 38.4 Å². The number of carbonyl (C=O) groups is 1. The van der Waals surface area contributed by atoms with Gasteiger partial charge in [0, 0.05) is 53.2 Å². The van der Waals surface area contributed by atoms with E-state index in [0.717, 1.165) is 59.3 Å². The van der Waals surface area contributed by atoms with Gasteiger partial charge in [-0.05, 0) is 80.0 Å². The molecule has 5 aromatic rings. The number of allylic oxidation sites excluding steroid dienone is 1. The summed E-state index contributed by atoms with van der Waals surface area (Å²) in [5.74, 6) is 0.581. The number of pyridine rings is 2. The van der Waals surface area contributed by atoms with Gasteiger partial charge in [0.05, 0.1) is 23.3 Å². The summed E-state index contributed by atoms with van der Waals surface area (Å²) in [4.78, 5) is 24.6. The summed E-state index contributed by atoms with van der Waals surface area (Å²) in [5, 5.41) is 13.1. The van der Waals surface area contributed by atoms with Gasteiger partial charge in [0.2, 0.25) is 0 Å². The normalized spacial score (nSPS) is 15.0. The lowest BCUT2D eigenvalue weighted by molar-refractivity contribution is 0.262. The van der Waals surface area contributed by atoms with Crippen LogP contribution in [0.4, 0.5) is 22.0 Å². The highest BCUT2D eigenvalue weighted by atomic mass is 16.2. The Balaban J connectivity index is 1.28. The van der Waals surface area contributed by atoms with Crippen LogP contribution in [0.25, 0.3) is 22.0 Å². The molecule has 1 unspecified atom stereocenters. The van der Waals surface area contributed by atoms with Crippen LogP contribution in [0.15, 0.2) is 91.4 Å². The molecule has 0 spiro atoms. The third kappa shape index (κ3) is 6.45. The molecule has 45 heavy (non-hydrogen) atoms. The molecule has 1 aliphatic rings. The predicted octanol–water partition coefficient (Wildman–Crippen LogP) is 8.53. The van der Waals surface area contributed by atoms with Crippen LogP contribution < -0.4 is 15.5 Å². The third-order valence-electron chi connectivity index (χ3n) is 8.45. The Morgan fingerprint density at radius 3 is 2.49 bits per heavy atom. The van der Waals surface area contributed by atoms with Crippen LogP contribution in [-0.2, 0) is 5.41 Å². The number of nitrogens with one attached hydrogen (secondary N) is 2. The van der Waals surface area contributed by atoms with Gasteiger partial charge in [-0.1, -0.05) is 57.2 Å². The zero-order valence-electron chi connectivity index (χ0n) is 26.7. The van der Waals surface area contributed by atoms with Gasteiger partial charge >= 0.3 is 6.03 Å². The van der Waals surface area contributed by atoms with Gasteiger partial charge in [0.15, 0.2) is 0 Å². The highest BCUT2D eigenvalue weighted by Crippen LogP contribution is 2.37. The maximum absolute atomic E-state index is 13.5. The Morgan fingerprint density at radius 2 is 1.78 bits per heavy atom. The van der Waals surface area contributed by atoms with E-state index in [2.05, 4.69) is 95.7 Å². The molecular formula is C37H41N7O. The smallest absolute Gasteiger partial charge is 0.324 e. The highest BCUT2D eigenvalue weighted by molar-refractivity contribution is 6.08. The fourth-order valence-electron chi connectivity index (χ4n) is 6.09.